The van der Waals surface area contributed by atoms with Crippen LogP contribution >= 0.6 is 0 Å². The van der Waals surface area contributed by atoms with Crippen molar-refractivity contribution < 1.29 is 4.79 Å². The molecule has 0 aliphatic heterocycles. The quantitative estimate of drug-likeness (QED) is 0.650. The van der Waals surface area contributed by atoms with Gasteiger partial charge in [0.2, 0.25) is 5.91 Å². The number of amides is 1. The van der Waals surface area contributed by atoms with Gasteiger partial charge >= 0.3 is 0 Å². The second-order valence-electron chi connectivity index (χ2n) is 6.08. The molecule has 1 amide bonds. The summed E-state index contributed by atoms with van der Waals surface area (Å²) in [7, 11) is 0. The predicted octanol–water partition coefficient (Wildman–Crippen LogP) is 3.56. The highest BCUT2D eigenvalue weighted by atomic mass is 16.1. The van der Waals surface area contributed by atoms with Gasteiger partial charge in [0.25, 0.3) is 0 Å². The molecule has 3 aromatic rings. The Labute approximate surface area is 142 Å². The van der Waals surface area contributed by atoms with Crippen molar-refractivity contribution in [2.24, 2.45) is 0 Å². The Kier molecular flexibility index (Phi) is 4.85. The number of rotatable bonds is 6. The van der Waals surface area contributed by atoms with E-state index in [9.17, 15) is 4.79 Å². The molecule has 3 rings (SSSR count). The number of carbonyl (C=O) groups is 1. The van der Waals surface area contributed by atoms with Crippen molar-refractivity contribution in [2.75, 3.05) is 18.4 Å². The van der Waals surface area contributed by atoms with E-state index in [4.69, 9.17) is 0 Å². The van der Waals surface area contributed by atoms with Gasteiger partial charge < -0.3 is 15.6 Å². The molecule has 0 radical (unpaired) electrons. The summed E-state index contributed by atoms with van der Waals surface area (Å²) < 4.78 is 0. The van der Waals surface area contributed by atoms with Crippen LogP contribution in [0.3, 0.4) is 0 Å². The second-order valence-corrected chi connectivity index (χ2v) is 6.08. The predicted molar refractivity (Wildman–Crippen MR) is 99.4 cm³/mol. The Morgan fingerprint density at radius 2 is 1.79 bits per heavy atom. The fourth-order valence-corrected chi connectivity index (χ4v) is 3.00. The first-order chi connectivity index (χ1) is 11.6. The average molecular weight is 321 g/mol. The van der Waals surface area contributed by atoms with Gasteiger partial charge in [-0.2, -0.15) is 0 Å². The highest BCUT2D eigenvalue weighted by Crippen LogP contribution is 2.19. The molecule has 124 valence electrons. The van der Waals surface area contributed by atoms with Crippen molar-refractivity contribution in [3.8, 4) is 0 Å². The SMILES string of the molecule is Cc1cccc(C)c1NCC(=O)NCCc1c[nH]c2ccccc12. The number of fused-ring (bicyclic) bond motifs is 1. The number of hydrogen-bond acceptors (Lipinski definition) is 2. The lowest BCUT2D eigenvalue weighted by Crippen LogP contribution is -2.31. The van der Waals surface area contributed by atoms with Crippen molar-refractivity contribution in [3.63, 3.8) is 0 Å². The number of aryl methyl sites for hydroxylation is 2. The summed E-state index contributed by atoms with van der Waals surface area (Å²) in [4.78, 5) is 15.3. The number of benzene rings is 2. The Bertz CT molecular complexity index is 831. The van der Waals surface area contributed by atoms with Gasteiger partial charge in [-0.1, -0.05) is 36.4 Å². The maximum absolute atomic E-state index is 12.0. The van der Waals surface area contributed by atoms with Crippen molar-refractivity contribution in [2.45, 2.75) is 20.3 Å². The van der Waals surface area contributed by atoms with Crippen LogP contribution in [0.2, 0.25) is 0 Å². The third-order valence-corrected chi connectivity index (χ3v) is 4.30. The largest absolute Gasteiger partial charge is 0.376 e. The molecule has 2 aromatic carbocycles. The fraction of sp³-hybridized carbons (Fsp3) is 0.250. The molecule has 0 unspecified atom stereocenters. The lowest BCUT2D eigenvalue weighted by atomic mass is 10.1. The summed E-state index contributed by atoms with van der Waals surface area (Å²) in [5.74, 6) is 0.0116. The van der Waals surface area contributed by atoms with E-state index in [1.807, 2.05) is 50.4 Å². The van der Waals surface area contributed by atoms with E-state index in [0.717, 1.165) is 28.8 Å². The number of anilines is 1. The molecule has 0 aliphatic rings. The molecular formula is C20H23N3O. The van der Waals surface area contributed by atoms with E-state index in [0.29, 0.717) is 13.1 Å². The summed E-state index contributed by atoms with van der Waals surface area (Å²) >= 11 is 0. The molecule has 0 spiro atoms. The second kappa shape index (κ2) is 7.21. The van der Waals surface area contributed by atoms with Gasteiger partial charge in [0.1, 0.15) is 0 Å². The van der Waals surface area contributed by atoms with Gasteiger partial charge in [-0.05, 0) is 43.0 Å². The van der Waals surface area contributed by atoms with Crippen LogP contribution in [0.1, 0.15) is 16.7 Å². The molecule has 0 saturated carbocycles. The highest BCUT2D eigenvalue weighted by molar-refractivity contribution is 5.83. The smallest absolute Gasteiger partial charge is 0.239 e. The number of aromatic amines is 1. The van der Waals surface area contributed by atoms with Crippen LogP contribution in [0.25, 0.3) is 10.9 Å². The molecule has 1 aromatic heterocycles. The van der Waals surface area contributed by atoms with E-state index < -0.39 is 0 Å². The molecule has 4 nitrogen and oxygen atoms in total. The minimum Gasteiger partial charge on any atom is -0.376 e. The average Bonchev–Trinajstić information content (AvgIpc) is 2.98. The zero-order chi connectivity index (χ0) is 16.9. The molecule has 3 N–H and O–H groups in total. The molecule has 0 fully saturated rings. The Morgan fingerprint density at radius 3 is 2.58 bits per heavy atom. The topological polar surface area (TPSA) is 56.9 Å². The number of para-hydroxylation sites is 2. The van der Waals surface area contributed by atoms with E-state index in [1.54, 1.807) is 0 Å². The normalized spacial score (nSPS) is 10.8. The van der Waals surface area contributed by atoms with E-state index in [-0.39, 0.29) is 5.91 Å². The summed E-state index contributed by atoms with van der Waals surface area (Å²) in [5, 5.41) is 7.44. The Morgan fingerprint density at radius 1 is 1.04 bits per heavy atom. The van der Waals surface area contributed by atoms with Crippen LogP contribution in [0.15, 0.2) is 48.7 Å². The molecule has 4 heteroatoms. The number of H-pyrrole nitrogens is 1. The van der Waals surface area contributed by atoms with Gasteiger partial charge in [-0.3, -0.25) is 4.79 Å². The third-order valence-electron chi connectivity index (χ3n) is 4.30. The molecule has 1 heterocycles. The van der Waals surface area contributed by atoms with Crippen LogP contribution in [-0.2, 0) is 11.2 Å². The standard InChI is InChI=1S/C20H23N3O/c1-14-6-5-7-15(2)20(14)23-13-19(24)21-11-10-16-12-22-18-9-4-3-8-17(16)18/h3-9,12,22-23H,10-11,13H2,1-2H3,(H,21,24). The van der Waals surface area contributed by atoms with Crippen LogP contribution < -0.4 is 10.6 Å². The maximum Gasteiger partial charge on any atom is 0.239 e. The van der Waals surface area contributed by atoms with Crippen LogP contribution in [0, 0.1) is 13.8 Å². The highest BCUT2D eigenvalue weighted by Gasteiger charge is 2.06. The van der Waals surface area contributed by atoms with Gasteiger partial charge in [-0.25, -0.2) is 0 Å². The van der Waals surface area contributed by atoms with Crippen molar-refractivity contribution in [1.29, 1.82) is 0 Å². The van der Waals surface area contributed by atoms with Crippen molar-refractivity contribution in [1.82, 2.24) is 10.3 Å². The van der Waals surface area contributed by atoms with Gasteiger partial charge in [0, 0.05) is 29.3 Å². The number of hydrogen-bond donors (Lipinski definition) is 3. The summed E-state index contributed by atoms with van der Waals surface area (Å²) in [6.45, 7) is 5.02. The first-order valence-electron chi connectivity index (χ1n) is 8.27. The van der Waals surface area contributed by atoms with E-state index in [1.165, 1.54) is 10.9 Å². The van der Waals surface area contributed by atoms with Gasteiger partial charge in [0.15, 0.2) is 0 Å². The number of carbonyl (C=O) groups excluding carboxylic acids is 1. The Hall–Kier alpha value is -2.75. The summed E-state index contributed by atoms with van der Waals surface area (Å²) in [5.41, 5.74) is 5.72. The third kappa shape index (κ3) is 3.59. The molecule has 0 saturated heterocycles. The van der Waals surface area contributed by atoms with Crippen molar-refractivity contribution >= 4 is 22.5 Å². The van der Waals surface area contributed by atoms with E-state index in [2.05, 4.69) is 27.8 Å². The first-order valence-corrected chi connectivity index (χ1v) is 8.27. The number of aromatic nitrogens is 1. The van der Waals surface area contributed by atoms with E-state index >= 15 is 0 Å². The molecule has 24 heavy (non-hydrogen) atoms. The monoisotopic (exact) mass is 321 g/mol. The molecule has 0 aliphatic carbocycles. The Balaban J connectivity index is 1.49. The van der Waals surface area contributed by atoms with Crippen LogP contribution in [0.4, 0.5) is 5.69 Å². The van der Waals surface area contributed by atoms with Crippen LogP contribution in [0.5, 0.6) is 0 Å². The maximum atomic E-state index is 12.0. The summed E-state index contributed by atoms with van der Waals surface area (Å²) in [6, 6.07) is 14.3. The molecular weight excluding hydrogens is 298 g/mol. The zero-order valence-corrected chi connectivity index (χ0v) is 14.1. The summed E-state index contributed by atoms with van der Waals surface area (Å²) in [6.07, 6.45) is 2.84. The zero-order valence-electron chi connectivity index (χ0n) is 14.1. The number of nitrogens with one attached hydrogen (secondary N) is 3. The van der Waals surface area contributed by atoms with Gasteiger partial charge in [-0.15, -0.1) is 0 Å². The minimum atomic E-state index is 0.0116. The molecule has 0 atom stereocenters. The van der Waals surface area contributed by atoms with Crippen LogP contribution in [-0.4, -0.2) is 24.0 Å². The van der Waals surface area contributed by atoms with Crippen molar-refractivity contribution in [3.05, 3.63) is 65.4 Å². The lowest BCUT2D eigenvalue weighted by Gasteiger charge is -2.12. The van der Waals surface area contributed by atoms with Gasteiger partial charge in [0.05, 0.1) is 6.54 Å². The molecule has 0 bridgehead atoms. The first kappa shape index (κ1) is 16.1. The fourth-order valence-electron chi connectivity index (χ4n) is 3.00. The minimum absolute atomic E-state index is 0.0116. The lowest BCUT2D eigenvalue weighted by molar-refractivity contribution is -0.119.